The van der Waals surface area contributed by atoms with Gasteiger partial charge in [-0.2, -0.15) is 11.3 Å². The first-order chi connectivity index (χ1) is 10.8. The Labute approximate surface area is 132 Å². The van der Waals surface area contributed by atoms with Crippen LogP contribution in [-0.2, 0) is 4.79 Å². The van der Waals surface area contributed by atoms with Crippen molar-refractivity contribution in [3.63, 3.8) is 0 Å². The molecule has 1 aliphatic carbocycles. The molecule has 3 nitrogen and oxygen atoms in total. The van der Waals surface area contributed by atoms with E-state index in [0.29, 0.717) is 6.42 Å². The molecule has 0 amide bonds. The van der Waals surface area contributed by atoms with Gasteiger partial charge in [0, 0.05) is 11.8 Å². The molecule has 112 valence electrons. The normalized spacial score (nSPS) is 19.1. The number of hydrogen-bond acceptors (Lipinski definition) is 3. The van der Waals surface area contributed by atoms with Gasteiger partial charge in [0.2, 0.25) is 0 Å². The van der Waals surface area contributed by atoms with Gasteiger partial charge >= 0.3 is 5.97 Å². The van der Waals surface area contributed by atoms with E-state index in [4.69, 9.17) is 9.84 Å². The predicted molar refractivity (Wildman–Crippen MR) is 88.4 cm³/mol. The third-order valence-electron chi connectivity index (χ3n) is 3.50. The number of ether oxygens (including phenoxy) is 1. The van der Waals surface area contributed by atoms with Crippen molar-refractivity contribution in [2.24, 2.45) is 5.92 Å². The summed E-state index contributed by atoms with van der Waals surface area (Å²) in [5.41, 5.74) is 0. The second-order valence-electron chi connectivity index (χ2n) is 5.11. The summed E-state index contributed by atoms with van der Waals surface area (Å²) in [6, 6.07) is 17.8. The van der Waals surface area contributed by atoms with E-state index in [1.807, 2.05) is 65.4 Å². The average molecular weight is 312 g/mol. The first-order valence-corrected chi connectivity index (χ1v) is 8.04. The highest BCUT2D eigenvalue weighted by Crippen LogP contribution is 2.37. The van der Waals surface area contributed by atoms with E-state index in [1.54, 1.807) is 11.3 Å². The van der Waals surface area contributed by atoms with Gasteiger partial charge in [0.1, 0.15) is 11.9 Å². The highest BCUT2D eigenvalue weighted by Gasteiger charge is 2.45. The van der Waals surface area contributed by atoms with Gasteiger partial charge in [-0.25, -0.2) is 0 Å². The Balaban J connectivity index is 0.000000246. The molecule has 1 saturated carbocycles. The summed E-state index contributed by atoms with van der Waals surface area (Å²) < 4.78 is 5.73. The van der Waals surface area contributed by atoms with E-state index in [1.165, 1.54) is 0 Å². The maximum Gasteiger partial charge on any atom is 0.310 e. The Morgan fingerprint density at radius 3 is 2.41 bits per heavy atom. The van der Waals surface area contributed by atoms with Gasteiger partial charge in [-0.15, -0.1) is 0 Å². The van der Waals surface area contributed by atoms with Crippen LogP contribution in [0.25, 0.3) is 10.8 Å². The maximum absolute atomic E-state index is 10.7. The van der Waals surface area contributed by atoms with Crippen LogP contribution in [0.3, 0.4) is 0 Å². The lowest BCUT2D eigenvalue weighted by Gasteiger charge is -2.08. The number of thiophene rings is 1. The lowest BCUT2D eigenvalue weighted by molar-refractivity contribution is -0.139. The van der Waals surface area contributed by atoms with Crippen LogP contribution >= 0.6 is 11.3 Å². The molecule has 0 aliphatic heterocycles. The highest BCUT2D eigenvalue weighted by atomic mass is 32.1. The predicted octanol–water partition coefficient (Wildman–Crippen LogP) is 4.44. The number of benzene rings is 2. The molecular formula is C18H16O3S. The minimum absolute atomic E-state index is 0.168. The standard InChI is InChI=1S/C14H12O3.C4H4S/c15-14(16)11-8-13(11)17-12-7-3-5-9-4-1-2-6-10(9)12;1-2-4-5-3-1/h1-7,11,13H,8H2,(H,15,16);1-4H/t11-,13?;/m1./s1. The van der Waals surface area contributed by atoms with E-state index in [0.717, 1.165) is 16.5 Å². The molecule has 0 radical (unpaired) electrons. The first-order valence-electron chi connectivity index (χ1n) is 7.10. The molecule has 4 rings (SSSR count). The molecule has 4 heteroatoms. The van der Waals surface area contributed by atoms with Gasteiger partial charge in [0.05, 0.1) is 5.92 Å². The Morgan fingerprint density at radius 2 is 1.77 bits per heavy atom. The van der Waals surface area contributed by atoms with Crippen LogP contribution in [0.1, 0.15) is 6.42 Å². The first kappa shape index (κ1) is 14.6. The van der Waals surface area contributed by atoms with Crippen LogP contribution in [-0.4, -0.2) is 17.2 Å². The Kier molecular flexibility index (Phi) is 4.39. The molecule has 0 saturated heterocycles. The fourth-order valence-electron chi connectivity index (χ4n) is 2.25. The lowest BCUT2D eigenvalue weighted by Crippen LogP contribution is -2.07. The SMILES string of the molecule is O=C(O)[C@@H]1CC1Oc1cccc2ccccc12.c1ccsc1. The fraction of sp³-hybridized carbons (Fsp3) is 0.167. The van der Waals surface area contributed by atoms with E-state index in [2.05, 4.69) is 0 Å². The monoisotopic (exact) mass is 312 g/mol. The molecule has 2 aromatic carbocycles. The second-order valence-corrected chi connectivity index (χ2v) is 5.92. The van der Waals surface area contributed by atoms with Crippen LogP contribution in [0.5, 0.6) is 5.75 Å². The molecule has 0 bridgehead atoms. The van der Waals surface area contributed by atoms with Gasteiger partial charge in [-0.05, 0) is 22.2 Å². The molecule has 1 aromatic heterocycles. The summed E-state index contributed by atoms with van der Waals surface area (Å²) in [5.74, 6) is -0.332. The van der Waals surface area contributed by atoms with Gasteiger partial charge in [-0.3, -0.25) is 4.79 Å². The molecule has 1 N–H and O–H groups in total. The van der Waals surface area contributed by atoms with E-state index in [9.17, 15) is 4.79 Å². The largest absolute Gasteiger partial charge is 0.489 e. The topological polar surface area (TPSA) is 46.5 Å². The maximum atomic E-state index is 10.7. The van der Waals surface area contributed by atoms with Crippen molar-refractivity contribution >= 4 is 28.1 Å². The van der Waals surface area contributed by atoms with Gasteiger partial charge < -0.3 is 9.84 Å². The smallest absolute Gasteiger partial charge is 0.310 e. The molecule has 3 aromatic rings. The summed E-state index contributed by atoms with van der Waals surface area (Å²) in [6.07, 6.45) is 0.441. The summed E-state index contributed by atoms with van der Waals surface area (Å²) in [4.78, 5) is 10.7. The van der Waals surface area contributed by atoms with Crippen molar-refractivity contribution in [1.29, 1.82) is 0 Å². The van der Waals surface area contributed by atoms with Crippen molar-refractivity contribution in [2.75, 3.05) is 0 Å². The van der Waals surface area contributed by atoms with Crippen LogP contribution in [0.4, 0.5) is 0 Å². The second kappa shape index (κ2) is 6.62. The Bertz CT molecular complexity index is 729. The number of carboxylic acids is 1. The lowest BCUT2D eigenvalue weighted by atomic mass is 10.1. The number of rotatable bonds is 3. The molecule has 0 spiro atoms. The van der Waals surface area contributed by atoms with Crippen molar-refractivity contribution in [3.8, 4) is 5.75 Å². The number of carboxylic acid groups (broad SMARTS) is 1. The van der Waals surface area contributed by atoms with Crippen LogP contribution in [0, 0.1) is 5.92 Å². The van der Waals surface area contributed by atoms with Crippen LogP contribution in [0.15, 0.2) is 65.4 Å². The minimum Gasteiger partial charge on any atom is -0.489 e. The van der Waals surface area contributed by atoms with Crippen molar-refractivity contribution in [2.45, 2.75) is 12.5 Å². The van der Waals surface area contributed by atoms with Crippen LogP contribution < -0.4 is 4.74 Å². The third-order valence-corrected chi connectivity index (χ3v) is 4.13. The van der Waals surface area contributed by atoms with Gasteiger partial charge in [0.25, 0.3) is 0 Å². The highest BCUT2D eigenvalue weighted by molar-refractivity contribution is 7.07. The van der Waals surface area contributed by atoms with Crippen molar-refractivity contribution < 1.29 is 14.6 Å². The van der Waals surface area contributed by atoms with Crippen molar-refractivity contribution in [1.82, 2.24) is 0 Å². The van der Waals surface area contributed by atoms with Gasteiger partial charge in [0.15, 0.2) is 0 Å². The summed E-state index contributed by atoms with van der Waals surface area (Å²) >= 11 is 1.71. The Morgan fingerprint density at radius 1 is 1.05 bits per heavy atom. The zero-order valence-electron chi connectivity index (χ0n) is 11.9. The number of hydrogen-bond donors (Lipinski definition) is 1. The summed E-state index contributed by atoms with van der Waals surface area (Å²) in [6.45, 7) is 0. The zero-order chi connectivity index (χ0) is 15.4. The fourth-order valence-corrected chi connectivity index (χ4v) is 2.70. The van der Waals surface area contributed by atoms with E-state index in [-0.39, 0.29) is 12.0 Å². The van der Waals surface area contributed by atoms with E-state index < -0.39 is 5.97 Å². The molecule has 2 atom stereocenters. The quantitative estimate of drug-likeness (QED) is 0.777. The van der Waals surface area contributed by atoms with Crippen molar-refractivity contribution in [3.05, 3.63) is 65.4 Å². The number of fused-ring (bicyclic) bond motifs is 1. The van der Waals surface area contributed by atoms with Gasteiger partial charge in [-0.1, -0.05) is 48.5 Å². The molecular weight excluding hydrogens is 296 g/mol. The average Bonchev–Trinajstić information content (AvgIpc) is 3.05. The molecule has 22 heavy (non-hydrogen) atoms. The summed E-state index contributed by atoms with van der Waals surface area (Å²) in [7, 11) is 0. The third kappa shape index (κ3) is 3.46. The molecule has 1 fully saturated rings. The van der Waals surface area contributed by atoms with E-state index >= 15 is 0 Å². The number of carbonyl (C=O) groups is 1. The molecule has 1 unspecified atom stereocenters. The summed E-state index contributed by atoms with van der Waals surface area (Å²) in [5, 5.41) is 15.1. The number of aliphatic carboxylic acids is 1. The molecule has 1 heterocycles. The zero-order valence-corrected chi connectivity index (χ0v) is 12.7. The van der Waals surface area contributed by atoms with Crippen LogP contribution in [0.2, 0.25) is 0 Å². The minimum atomic E-state index is -0.768. The molecule has 1 aliphatic rings. The Hall–Kier alpha value is -2.33.